The lowest BCUT2D eigenvalue weighted by atomic mass is 9.90. The van der Waals surface area contributed by atoms with Crippen LogP contribution in [0.3, 0.4) is 0 Å². The molecule has 0 aliphatic heterocycles. The van der Waals surface area contributed by atoms with E-state index in [1.807, 2.05) is 0 Å². The van der Waals surface area contributed by atoms with Gasteiger partial charge in [0, 0.05) is 17.9 Å². The highest BCUT2D eigenvalue weighted by Gasteiger charge is 2.23. The molecule has 0 fully saturated rings. The third-order valence-corrected chi connectivity index (χ3v) is 3.42. The quantitative estimate of drug-likeness (QED) is 0.898. The van der Waals surface area contributed by atoms with Crippen LogP contribution in [0.5, 0.6) is 0 Å². The molecule has 1 unspecified atom stereocenters. The molecule has 2 rings (SSSR count). The van der Waals surface area contributed by atoms with Gasteiger partial charge in [-0.2, -0.15) is 0 Å². The lowest BCUT2D eigenvalue weighted by molar-refractivity contribution is 0.0607. The summed E-state index contributed by atoms with van der Waals surface area (Å²) in [5.74, 6) is -0.743. The van der Waals surface area contributed by atoms with E-state index in [-0.39, 0.29) is 18.7 Å². The van der Waals surface area contributed by atoms with Crippen LogP contribution in [0.4, 0.5) is 8.78 Å². The van der Waals surface area contributed by atoms with Gasteiger partial charge in [-0.3, -0.25) is 0 Å². The maximum absolute atomic E-state index is 13.2. The lowest BCUT2D eigenvalue weighted by Crippen LogP contribution is -2.30. The second kappa shape index (κ2) is 5.90. The summed E-state index contributed by atoms with van der Waals surface area (Å²) in [4.78, 5) is 0. The average molecular weight is 297 g/mol. The van der Waals surface area contributed by atoms with Crippen molar-refractivity contribution < 1.29 is 13.9 Å². The van der Waals surface area contributed by atoms with Crippen molar-refractivity contribution >= 4 is 11.6 Å². The molecule has 4 heteroatoms. The molecule has 106 valence electrons. The summed E-state index contributed by atoms with van der Waals surface area (Å²) in [6, 6.07) is 10.1. The van der Waals surface area contributed by atoms with Crippen LogP contribution in [0.2, 0.25) is 5.02 Å². The van der Waals surface area contributed by atoms with E-state index in [0.29, 0.717) is 16.1 Å². The van der Waals surface area contributed by atoms with Crippen molar-refractivity contribution in [3.8, 4) is 0 Å². The minimum absolute atomic E-state index is 0.195. The second-order valence-corrected chi connectivity index (χ2v) is 5.62. The van der Waals surface area contributed by atoms with Gasteiger partial charge >= 0.3 is 0 Å². The molecule has 0 radical (unpaired) electrons. The Balaban J connectivity index is 2.16. The first kappa shape index (κ1) is 14.9. The highest BCUT2D eigenvalue weighted by molar-refractivity contribution is 6.31. The molecular formula is C16H15ClF2O. The number of halogens is 3. The molecule has 0 aliphatic rings. The van der Waals surface area contributed by atoms with Crippen molar-refractivity contribution in [2.45, 2.75) is 25.4 Å². The van der Waals surface area contributed by atoms with Crippen LogP contribution in [-0.2, 0) is 12.8 Å². The smallest absolute Gasteiger partial charge is 0.123 e. The standard InChI is InChI=1S/C16H15ClF2O/c1-16(20,9-11-3-2-4-13(18)7-11)10-12-8-14(19)5-6-15(12)17/h2-8,20H,9-10H2,1H3. The molecule has 20 heavy (non-hydrogen) atoms. The van der Waals surface area contributed by atoms with Crippen LogP contribution in [0.1, 0.15) is 18.1 Å². The van der Waals surface area contributed by atoms with Crippen LogP contribution in [0, 0.1) is 11.6 Å². The third kappa shape index (κ3) is 4.02. The van der Waals surface area contributed by atoms with Gasteiger partial charge in [0.1, 0.15) is 11.6 Å². The number of benzene rings is 2. The van der Waals surface area contributed by atoms with E-state index in [4.69, 9.17) is 11.6 Å². The zero-order valence-corrected chi connectivity index (χ0v) is 11.8. The van der Waals surface area contributed by atoms with Gasteiger partial charge in [-0.05, 0) is 48.4 Å². The van der Waals surface area contributed by atoms with E-state index in [2.05, 4.69) is 0 Å². The third-order valence-electron chi connectivity index (χ3n) is 3.05. The molecule has 0 aliphatic carbocycles. The van der Waals surface area contributed by atoms with Crippen LogP contribution in [0.25, 0.3) is 0 Å². The minimum atomic E-state index is -1.13. The molecule has 0 saturated heterocycles. The summed E-state index contributed by atoms with van der Waals surface area (Å²) in [7, 11) is 0. The maximum Gasteiger partial charge on any atom is 0.123 e. The Bertz CT molecular complexity index is 611. The van der Waals surface area contributed by atoms with E-state index >= 15 is 0 Å². The molecular weight excluding hydrogens is 282 g/mol. The molecule has 0 aromatic heterocycles. The topological polar surface area (TPSA) is 20.2 Å². The Kier molecular flexibility index (Phi) is 4.41. The summed E-state index contributed by atoms with van der Waals surface area (Å²) in [6.45, 7) is 1.62. The van der Waals surface area contributed by atoms with Crippen LogP contribution < -0.4 is 0 Å². The number of rotatable bonds is 4. The Morgan fingerprint density at radius 3 is 2.45 bits per heavy atom. The number of hydrogen-bond acceptors (Lipinski definition) is 1. The molecule has 1 nitrogen and oxygen atoms in total. The van der Waals surface area contributed by atoms with Crippen molar-refractivity contribution in [1.82, 2.24) is 0 Å². The van der Waals surface area contributed by atoms with E-state index in [1.54, 1.807) is 19.1 Å². The predicted molar refractivity (Wildman–Crippen MR) is 75.8 cm³/mol. The number of hydrogen-bond donors (Lipinski definition) is 1. The highest BCUT2D eigenvalue weighted by atomic mass is 35.5. The SMILES string of the molecule is CC(O)(Cc1cccc(F)c1)Cc1cc(F)ccc1Cl. The summed E-state index contributed by atoms with van der Waals surface area (Å²) in [6.07, 6.45) is 0.456. The van der Waals surface area contributed by atoms with Crippen LogP contribution in [0.15, 0.2) is 42.5 Å². The van der Waals surface area contributed by atoms with Gasteiger partial charge in [0.15, 0.2) is 0 Å². The summed E-state index contributed by atoms with van der Waals surface area (Å²) in [5, 5.41) is 10.8. The zero-order valence-electron chi connectivity index (χ0n) is 11.0. The molecule has 1 atom stereocenters. The van der Waals surface area contributed by atoms with Gasteiger partial charge in [-0.25, -0.2) is 8.78 Å². The fourth-order valence-electron chi connectivity index (χ4n) is 2.24. The normalized spacial score (nSPS) is 14.1. The monoisotopic (exact) mass is 296 g/mol. The van der Waals surface area contributed by atoms with Crippen molar-refractivity contribution in [3.63, 3.8) is 0 Å². The minimum Gasteiger partial charge on any atom is -0.389 e. The van der Waals surface area contributed by atoms with Crippen molar-refractivity contribution in [1.29, 1.82) is 0 Å². The van der Waals surface area contributed by atoms with E-state index in [0.717, 1.165) is 0 Å². The summed E-state index contributed by atoms with van der Waals surface area (Å²) >= 11 is 5.99. The first-order chi connectivity index (χ1) is 9.35. The van der Waals surface area contributed by atoms with Gasteiger partial charge < -0.3 is 5.11 Å². The summed E-state index contributed by atoms with van der Waals surface area (Å²) in [5.41, 5.74) is 0.0844. The molecule has 0 bridgehead atoms. The molecule has 2 aromatic rings. The van der Waals surface area contributed by atoms with Gasteiger partial charge in [0.05, 0.1) is 5.60 Å². The molecule has 1 N–H and O–H groups in total. The van der Waals surface area contributed by atoms with Crippen LogP contribution in [-0.4, -0.2) is 10.7 Å². The van der Waals surface area contributed by atoms with E-state index in [1.165, 1.54) is 30.3 Å². The molecule has 0 spiro atoms. The van der Waals surface area contributed by atoms with Gasteiger partial charge in [-0.15, -0.1) is 0 Å². The second-order valence-electron chi connectivity index (χ2n) is 5.22. The maximum atomic E-state index is 13.2. The highest BCUT2D eigenvalue weighted by Crippen LogP contribution is 2.25. The lowest BCUT2D eigenvalue weighted by Gasteiger charge is -2.24. The fourth-order valence-corrected chi connectivity index (χ4v) is 2.42. The first-order valence-corrected chi connectivity index (χ1v) is 6.64. The molecule has 2 aromatic carbocycles. The van der Waals surface area contributed by atoms with Crippen molar-refractivity contribution in [2.75, 3.05) is 0 Å². The molecule has 0 heterocycles. The van der Waals surface area contributed by atoms with Crippen molar-refractivity contribution in [2.24, 2.45) is 0 Å². The van der Waals surface area contributed by atoms with E-state index < -0.39 is 11.4 Å². The average Bonchev–Trinajstić information content (AvgIpc) is 2.33. The Morgan fingerprint density at radius 1 is 1.05 bits per heavy atom. The van der Waals surface area contributed by atoms with Gasteiger partial charge in [0.2, 0.25) is 0 Å². The summed E-state index contributed by atoms with van der Waals surface area (Å²) < 4.78 is 26.3. The van der Waals surface area contributed by atoms with Crippen molar-refractivity contribution in [3.05, 3.63) is 70.2 Å². The van der Waals surface area contributed by atoms with Gasteiger partial charge in [0.25, 0.3) is 0 Å². The number of aliphatic hydroxyl groups is 1. The van der Waals surface area contributed by atoms with E-state index in [9.17, 15) is 13.9 Å². The Hall–Kier alpha value is -1.45. The zero-order chi connectivity index (χ0) is 14.8. The molecule has 0 amide bonds. The Morgan fingerprint density at radius 2 is 1.75 bits per heavy atom. The first-order valence-electron chi connectivity index (χ1n) is 6.26. The largest absolute Gasteiger partial charge is 0.389 e. The fraction of sp³-hybridized carbons (Fsp3) is 0.250. The van der Waals surface area contributed by atoms with Gasteiger partial charge in [-0.1, -0.05) is 23.7 Å². The molecule has 0 saturated carbocycles. The Labute approximate surface area is 121 Å². The van der Waals surface area contributed by atoms with Crippen LogP contribution >= 0.6 is 11.6 Å². The predicted octanol–water partition coefficient (Wildman–Crippen LogP) is 4.15.